The number of hydrogen-bond acceptors (Lipinski definition) is 2. The summed E-state index contributed by atoms with van der Waals surface area (Å²) in [6.45, 7) is 6.16. The van der Waals surface area contributed by atoms with Gasteiger partial charge in [-0.3, -0.25) is 0 Å². The van der Waals surface area contributed by atoms with Crippen LogP contribution in [0.2, 0.25) is 0 Å². The number of benzene rings is 1. The molecular formula is C13H22IN3O. The van der Waals surface area contributed by atoms with Gasteiger partial charge in [-0.15, -0.1) is 24.0 Å². The predicted octanol–water partition coefficient (Wildman–Crippen LogP) is 2.52. The summed E-state index contributed by atoms with van der Waals surface area (Å²) in [4.78, 5) is 4.26. The molecule has 0 aliphatic rings. The van der Waals surface area contributed by atoms with Crippen LogP contribution in [0.25, 0.3) is 0 Å². The minimum absolute atomic E-state index is 0. The first-order valence-electron chi connectivity index (χ1n) is 6.01. The lowest BCUT2D eigenvalue weighted by atomic mass is 10.2. The molecule has 3 N–H and O–H groups in total. The number of halogens is 1. The molecule has 18 heavy (non-hydrogen) atoms. The fourth-order valence-electron chi connectivity index (χ4n) is 1.39. The van der Waals surface area contributed by atoms with E-state index < -0.39 is 0 Å². The van der Waals surface area contributed by atoms with Gasteiger partial charge in [0.1, 0.15) is 5.75 Å². The number of hydrogen-bond donors (Lipinski definition) is 2. The van der Waals surface area contributed by atoms with E-state index in [0.717, 1.165) is 24.3 Å². The van der Waals surface area contributed by atoms with Crippen molar-refractivity contribution >= 4 is 29.9 Å². The molecule has 0 aliphatic heterocycles. The highest BCUT2D eigenvalue weighted by molar-refractivity contribution is 14.0. The molecule has 102 valence electrons. The molecule has 1 rings (SSSR count). The van der Waals surface area contributed by atoms with Crippen LogP contribution in [0.3, 0.4) is 0 Å². The summed E-state index contributed by atoms with van der Waals surface area (Å²) < 4.78 is 5.42. The van der Waals surface area contributed by atoms with Crippen molar-refractivity contribution in [3.05, 3.63) is 29.8 Å². The van der Waals surface area contributed by atoms with Gasteiger partial charge >= 0.3 is 0 Å². The highest BCUT2D eigenvalue weighted by Gasteiger charge is 1.96. The van der Waals surface area contributed by atoms with E-state index in [2.05, 4.69) is 17.2 Å². The zero-order valence-corrected chi connectivity index (χ0v) is 13.3. The maximum absolute atomic E-state index is 5.71. The van der Waals surface area contributed by atoms with Crippen molar-refractivity contribution in [3.63, 3.8) is 0 Å². The molecule has 4 nitrogen and oxygen atoms in total. The van der Waals surface area contributed by atoms with Crippen LogP contribution in [0.5, 0.6) is 5.75 Å². The quantitative estimate of drug-likeness (QED) is 0.464. The summed E-state index contributed by atoms with van der Waals surface area (Å²) in [6.07, 6.45) is 1.04. The smallest absolute Gasteiger partial charge is 0.188 e. The van der Waals surface area contributed by atoms with Crippen LogP contribution in [0.15, 0.2) is 29.3 Å². The molecule has 0 saturated carbocycles. The lowest BCUT2D eigenvalue weighted by molar-refractivity contribution is 0.340. The van der Waals surface area contributed by atoms with E-state index in [9.17, 15) is 0 Å². The Kier molecular flexibility index (Phi) is 9.45. The van der Waals surface area contributed by atoms with Crippen molar-refractivity contribution in [2.75, 3.05) is 13.2 Å². The maximum atomic E-state index is 5.71. The second-order valence-corrected chi connectivity index (χ2v) is 3.71. The van der Waals surface area contributed by atoms with Crippen LogP contribution in [0.4, 0.5) is 0 Å². The molecule has 0 atom stereocenters. The third-order valence-corrected chi connectivity index (χ3v) is 2.20. The summed E-state index contributed by atoms with van der Waals surface area (Å²) in [5.41, 5.74) is 6.81. The third-order valence-electron chi connectivity index (χ3n) is 2.20. The Morgan fingerprint density at radius 3 is 2.83 bits per heavy atom. The van der Waals surface area contributed by atoms with Crippen molar-refractivity contribution in [1.29, 1.82) is 0 Å². The average Bonchev–Trinajstić information content (AvgIpc) is 2.35. The molecule has 1 aromatic rings. The highest BCUT2D eigenvalue weighted by atomic mass is 127. The van der Waals surface area contributed by atoms with Gasteiger partial charge in [0.25, 0.3) is 0 Å². The molecule has 0 heterocycles. The van der Waals surface area contributed by atoms with E-state index in [1.165, 1.54) is 0 Å². The van der Waals surface area contributed by atoms with Crippen molar-refractivity contribution in [1.82, 2.24) is 5.32 Å². The molecule has 0 bridgehead atoms. The average molecular weight is 363 g/mol. The van der Waals surface area contributed by atoms with Gasteiger partial charge in [-0.25, -0.2) is 4.99 Å². The van der Waals surface area contributed by atoms with Gasteiger partial charge in [-0.1, -0.05) is 19.1 Å². The van der Waals surface area contributed by atoms with Crippen molar-refractivity contribution in [3.8, 4) is 5.75 Å². The molecule has 0 fully saturated rings. The number of nitrogens with one attached hydrogen (secondary N) is 1. The summed E-state index contributed by atoms with van der Waals surface area (Å²) in [5, 5.41) is 3.04. The van der Waals surface area contributed by atoms with Crippen LogP contribution in [-0.2, 0) is 6.54 Å². The van der Waals surface area contributed by atoms with E-state index >= 15 is 0 Å². The molecule has 5 heteroatoms. The van der Waals surface area contributed by atoms with E-state index in [-0.39, 0.29) is 24.0 Å². The van der Waals surface area contributed by atoms with Crippen molar-refractivity contribution in [2.24, 2.45) is 10.7 Å². The Morgan fingerprint density at radius 1 is 1.39 bits per heavy atom. The second kappa shape index (κ2) is 9.99. The lowest BCUT2D eigenvalue weighted by Crippen LogP contribution is -2.32. The van der Waals surface area contributed by atoms with Crippen LogP contribution in [-0.4, -0.2) is 19.1 Å². The molecular weight excluding hydrogens is 341 g/mol. The van der Waals surface area contributed by atoms with Crippen LogP contribution in [0, 0.1) is 0 Å². The molecule has 0 aromatic heterocycles. The number of nitrogens with two attached hydrogens (primary N) is 1. The molecule has 0 spiro atoms. The molecule has 0 saturated heterocycles. The standard InChI is InChI=1S/C13H21N3O.HI/c1-3-8-15-13(14)16-10-11-6-5-7-12(9-11)17-4-2;/h5-7,9H,3-4,8,10H2,1-2H3,(H3,14,15,16);1H. The molecule has 0 amide bonds. The molecule has 1 aromatic carbocycles. The molecule has 0 aliphatic carbocycles. The fraction of sp³-hybridized carbons (Fsp3) is 0.462. The lowest BCUT2D eigenvalue weighted by Gasteiger charge is -2.05. The number of rotatable bonds is 6. The number of aliphatic imine (C=N–C) groups is 1. The Labute approximate surface area is 126 Å². The zero-order chi connectivity index (χ0) is 12.5. The van der Waals surface area contributed by atoms with E-state index in [4.69, 9.17) is 10.5 Å². The number of guanidine groups is 1. The van der Waals surface area contributed by atoms with Crippen LogP contribution in [0.1, 0.15) is 25.8 Å². The highest BCUT2D eigenvalue weighted by Crippen LogP contribution is 2.13. The van der Waals surface area contributed by atoms with E-state index in [1.807, 2.05) is 31.2 Å². The van der Waals surface area contributed by atoms with Crippen molar-refractivity contribution in [2.45, 2.75) is 26.8 Å². The van der Waals surface area contributed by atoms with Crippen molar-refractivity contribution < 1.29 is 4.74 Å². The van der Waals surface area contributed by atoms with E-state index in [0.29, 0.717) is 19.1 Å². The van der Waals surface area contributed by atoms with Crippen LogP contribution < -0.4 is 15.8 Å². The van der Waals surface area contributed by atoms with Gasteiger partial charge in [0.05, 0.1) is 13.2 Å². The first-order valence-corrected chi connectivity index (χ1v) is 6.01. The van der Waals surface area contributed by atoms with Gasteiger partial charge in [0, 0.05) is 6.54 Å². The first-order chi connectivity index (χ1) is 8.26. The monoisotopic (exact) mass is 363 g/mol. The summed E-state index contributed by atoms with van der Waals surface area (Å²) in [6, 6.07) is 7.90. The van der Waals surface area contributed by atoms with Crippen LogP contribution >= 0.6 is 24.0 Å². The van der Waals surface area contributed by atoms with E-state index in [1.54, 1.807) is 0 Å². The Balaban J connectivity index is 0.00000289. The first kappa shape index (κ1) is 17.0. The third kappa shape index (κ3) is 6.68. The molecule has 0 radical (unpaired) electrons. The molecule has 0 unspecified atom stereocenters. The maximum Gasteiger partial charge on any atom is 0.188 e. The number of nitrogens with zero attached hydrogens (tertiary/aromatic N) is 1. The minimum Gasteiger partial charge on any atom is -0.494 e. The normalized spacial score (nSPS) is 10.7. The zero-order valence-electron chi connectivity index (χ0n) is 11.0. The van der Waals surface area contributed by atoms with Gasteiger partial charge in [0.2, 0.25) is 0 Å². The Bertz CT molecular complexity index is 369. The summed E-state index contributed by atoms with van der Waals surface area (Å²) in [5.74, 6) is 1.37. The summed E-state index contributed by atoms with van der Waals surface area (Å²) in [7, 11) is 0. The Morgan fingerprint density at radius 2 is 2.17 bits per heavy atom. The summed E-state index contributed by atoms with van der Waals surface area (Å²) >= 11 is 0. The largest absolute Gasteiger partial charge is 0.494 e. The SMILES string of the molecule is CCCNC(N)=NCc1cccc(OCC)c1.I. The van der Waals surface area contributed by atoms with Gasteiger partial charge in [-0.2, -0.15) is 0 Å². The number of ether oxygens (including phenoxy) is 1. The van der Waals surface area contributed by atoms with Gasteiger partial charge in [0.15, 0.2) is 5.96 Å². The predicted molar refractivity (Wildman–Crippen MR) is 86.6 cm³/mol. The van der Waals surface area contributed by atoms with Gasteiger partial charge in [-0.05, 0) is 31.0 Å². The second-order valence-electron chi connectivity index (χ2n) is 3.71. The Hall–Kier alpha value is -0.980. The topological polar surface area (TPSA) is 59.6 Å². The minimum atomic E-state index is 0. The van der Waals surface area contributed by atoms with Gasteiger partial charge < -0.3 is 15.8 Å². The fourth-order valence-corrected chi connectivity index (χ4v) is 1.39.